The monoisotopic (exact) mass is 255 g/mol. The Bertz CT molecular complexity index is 396. The molecule has 2 atom stereocenters. The summed E-state index contributed by atoms with van der Waals surface area (Å²) in [6.07, 6.45) is 3.74. The second-order valence-electron chi connectivity index (χ2n) is 5.27. The van der Waals surface area contributed by atoms with E-state index in [9.17, 15) is 0 Å². The van der Waals surface area contributed by atoms with Crippen LogP contribution in [0, 0.1) is 18.8 Å². The summed E-state index contributed by atoms with van der Waals surface area (Å²) in [5, 5.41) is 8.64. The standard InChI is InChI=1S/C13H22ClN3/c1-8(10-5-6-10)11(15-3)7-12-13(14)9(2)16-17(12)4/h8,10-11,15H,5-7H2,1-4H3. The van der Waals surface area contributed by atoms with Crippen LogP contribution in [-0.4, -0.2) is 22.9 Å². The molecule has 96 valence electrons. The summed E-state index contributed by atoms with van der Waals surface area (Å²) in [5.41, 5.74) is 2.08. The van der Waals surface area contributed by atoms with Crippen molar-refractivity contribution in [3.63, 3.8) is 0 Å². The molecule has 0 saturated heterocycles. The third-order valence-electron chi connectivity index (χ3n) is 4.05. The second kappa shape index (κ2) is 4.99. The molecule has 4 heteroatoms. The lowest BCUT2D eigenvalue weighted by molar-refractivity contribution is 0.352. The second-order valence-corrected chi connectivity index (χ2v) is 5.64. The van der Waals surface area contributed by atoms with Crippen LogP contribution in [0.1, 0.15) is 31.2 Å². The van der Waals surface area contributed by atoms with Crippen LogP contribution in [0.5, 0.6) is 0 Å². The Morgan fingerprint density at radius 2 is 2.18 bits per heavy atom. The van der Waals surface area contributed by atoms with Crippen LogP contribution in [0.2, 0.25) is 5.02 Å². The highest BCUT2D eigenvalue weighted by atomic mass is 35.5. The molecule has 1 aromatic heterocycles. The fraction of sp³-hybridized carbons (Fsp3) is 0.769. The minimum Gasteiger partial charge on any atom is -0.316 e. The predicted octanol–water partition coefficient (Wildman–Crippen LogP) is 2.56. The minimum absolute atomic E-state index is 0.495. The van der Waals surface area contributed by atoms with Crippen LogP contribution in [0.3, 0.4) is 0 Å². The maximum absolute atomic E-state index is 6.30. The predicted molar refractivity (Wildman–Crippen MR) is 71.4 cm³/mol. The maximum atomic E-state index is 6.30. The van der Waals surface area contributed by atoms with Crippen LogP contribution in [-0.2, 0) is 13.5 Å². The number of likely N-dealkylation sites (N-methyl/N-ethyl adjacent to an activating group) is 1. The van der Waals surface area contributed by atoms with Gasteiger partial charge in [-0.1, -0.05) is 18.5 Å². The molecule has 1 N–H and O–H groups in total. The lowest BCUT2D eigenvalue weighted by Gasteiger charge is -2.23. The number of rotatable bonds is 5. The summed E-state index contributed by atoms with van der Waals surface area (Å²) in [7, 11) is 4.02. The first-order valence-corrected chi connectivity index (χ1v) is 6.77. The maximum Gasteiger partial charge on any atom is 0.0847 e. The fourth-order valence-electron chi connectivity index (χ4n) is 2.61. The molecular weight excluding hydrogens is 234 g/mol. The summed E-state index contributed by atoms with van der Waals surface area (Å²) in [6, 6.07) is 0.495. The summed E-state index contributed by atoms with van der Waals surface area (Å²) < 4.78 is 1.92. The van der Waals surface area contributed by atoms with Gasteiger partial charge in [0.15, 0.2) is 0 Å². The summed E-state index contributed by atoms with van der Waals surface area (Å²) in [5.74, 6) is 1.62. The topological polar surface area (TPSA) is 29.9 Å². The Labute approximate surface area is 109 Å². The lowest BCUT2D eigenvalue weighted by Crippen LogP contribution is -2.35. The molecule has 1 aliphatic carbocycles. The highest BCUT2D eigenvalue weighted by Gasteiger charge is 2.33. The van der Waals surface area contributed by atoms with Crippen molar-refractivity contribution in [2.45, 2.75) is 39.2 Å². The SMILES string of the molecule is CNC(Cc1c(Cl)c(C)nn1C)C(C)C1CC1. The molecule has 0 aromatic carbocycles. The van der Waals surface area contributed by atoms with E-state index in [1.165, 1.54) is 12.8 Å². The van der Waals surface area contributed by atoms with Gasteiger partial charge in [-0.3, -0.25) is 4.68 Å². The van der Waals surface area contributed by atoms with Crippen LogP contribution in [0.4, 0.5) is 0 Å². The number of nitrogens with zero attached hydrogens (tertiary/aromatic N) is 2. The average molecular weight is 256 g/mol. The highest BCUT2D eigenvalue weighted by molar-refractivity contribution is 6.31. The number of aryl methyl sites for hydroxylation is 2. The molecule has 0 radical (unpaired) electrons. The zero-order chi connectivity index (χ0) is 12.6. The number of halogens is 1. The number of hydrogen-bond acceptors (Lipinski definition) is 2. The Kier molecular flexibility index (Phi) is 3.79. The molecule has 0 bridgehead atoms. The molecule has 1 heterocycles. The van der Waals surface area contributed by atoms with Gasteiger partial charge in [0.25, 0.3) is 0 Å². The quantitative estimate of drug-likeness (QED) is 0.877. The molecule has 2 unspecified atom stereocenters. The van der Waals surface area contributed by atoms with E-state index >= 15 is 0 Å². The Hall–Kier alpha value is -0.540. The van der Waals surface area contributed by atoms with Gasteiger partial charge in [-0.2, -0.15) is 5.10 Å². The molecule has 0 spiro atoms. The number of nitrogens with one attached hydrogen (secondary N) is 1. The van der Waals surface area contributed by atoms with Crippen molar-refractivity contribution in [1.82, 2.24) is 15.1 Å². The van der Waals surface area contributed by atoms with Crippen LogP contribution in [0.25, 0.3) is 0 Å². The third kappa shape index (κ3) is 2.66. The largest absolute Gasteiger partial charge is 0.316 e. The first-order chi connectivity index (χ1) is 8.04. The molecule has 2 rings (SSSR count). The molecule has 1 saturated carbocycles. The molecular formula is C13H22ClN3. The van der Waals surface area contributed by atoms with Crippen LogP contribution >= 0.6 is 11.6 Å². The molecule has 1 fully saturated rings. The molecule has 0 aliphatic heterocycles. The minimum atomic E-state index is 0.495. The van der Waals surface area contributed by atoms with Gasteiger partial charge in [0.05, 0.1) is 16.4 Å². The van der Waals surface area contributed by atoms with E-state index in [-0.39, 0.29) is 0 Å². The first kappa shape index (κ1) is 12.9. The first-order valence-electron chi connectivity index (χ1n) is 6.39. The smallest absolute Gasteiger partial charge is 0.0847 e. The third-order valence-corrected chi connectivity index (χ3v) is 4.54. The van der Waals surface area contributed by atoms with Crippen molar-refractivity contribution < 1.29 is 0 Å². The molecule has 1 aromatic rings. The van der Waals surface area contributed by atoms with Crippen LogP contribution < -0.4 is 5.32 Å². The number of aromatic nitrogens is 2. The highest BCUT2D eigenvalue weighted by Crippen LogP contribution is 2.39. The molecule has 3 nitrogen and oxygen atoms in total. The normalized spacial score (nSPS) is 19.4. The van der Waals surface area contributed by atoms with Crippen molar-refractivity contribution in [3.8, 4) is 0 Å². The van der Waals surface area contributed by atoms with Gasteiger partial charge in [0, 0.05) is 19.5 Å². The summed E-state index contributed by atoms with van der Waals surface area (Å²) in [4.78, 5) is 0. The van der Waals surface area contributed by atoms with E-state index in [0.717, 1.165) is 28.7 Å². The van der Waals surface area contributed by atoms with Gasteiger partial charge >= 0.3 is 0 Å². The van der Waals surface area contributed by atoms with E-state index in [4.69, 9.17) is 11.6 Å². The zero-order valence-corrected chi connectivity index (χ0v) is 11.9. The van der Waals surface area contributed by atoms with Gasteiger partial charge in [-0.15, -0.1) is 0 Å². The van der Waals surface area contributed by atoms with E-state index in [2.05, 4.69) is 17.3 Å². The molecule has 0 amide bonds. The van der Waals surface area contributed by atoms with Gasteiger partial charge in [0.1, 0.15) is 0 Å². The Morgan fingerprint density at radius 3 is 2.59 bits per heavy atom. The summed E-state index contributed by atoms with van der Waals surface area (Å²) >= 11 is 6.30. The van der Waals surface area contributed by atoms with E-state index in [1.54, 1.807) is 0 Å². The van der Waals surface area contributed by atoms with E-state index < -0.39 is 0 Å². The van der Waals surface area contributed by atoms with Crippen molar-refractivity contribution in [2.24, 2.45) is 18.9 Å². The summed E-state index contributed by atoms with van der Waals surface area (Å²) in [6.45, 7) is 4.31. The Morgan fingerprint density at radius 1 is 1.53 bits per heavy atom. The fourth-order valence-corrected chi connectivity index (χ4v) is 2.85. The number of hydrogen-bond donors (Lipinski definition) is 1. The van der Waals surface area contributed by atoms with Gasteiger partial charge < -0.3 is 5.32 Å². The van der Waals surface area contributed by atoms with E-state index in [0.29, 0.717) is 12.0 Å². The van der Waals surface area contributed by atoms with Gasteiger partial charge in [0.2, 0.25) is 0 Å². The average Bonchev–Trinajstić information content (AvgIpc) is 3.09. The molecule has 17 heavy (non-hydrogen) atoms. The Balaban J connectivity index is 2.11. The van der Waals surface area contributed by atoms with Crippen molar-refractivity contribution in [2.75, 3.05) is 7.05 Å². The van der Waals surface area contributed by atoms with Gasteiger partial charge in [-0.05, 0) is 38.6 Å². The van der Waals surface area contributed by atoms with Gasteiger partial charge in [-0.25, -0.2) is 0 Å². The van der Waals surface area contributed by atoms with E-state index in [1.807, 2.05) is 25.7 Å². The zero-order valence-electron chi connectivity index (χ0n) is 11.1. The lowest BCUT2D eigenvalue weighted by atomic mass is 9.93. The molecule has 1 aliphatic rings. The van der Waals surface area contributed by atoms with Crippen molar-refractivity contribution >= 4 is 11.6 Å². The van der Waals surface area contributed by atoms with Crippen LogP contribution in [0.15, 0.2) is 0 Å². The van der Waals surface area contributed by atoms with Crippen molar-refractivity contribution in [1.29, 1.82) is 0 Å². The van der Waals surface area contributed by atoms with Crippen molar-refractivity contribution in [3.05, 3.63) is 16.4 Å².